The molecule has 0 radical (unpaired) electrons. The lowest BCUT2D eigenvalue weighted by Gasteiger charge is -2.23. The maximum Gasteiger partial charge on any atom is 0.180 e. The zero-order chi connectivity index (χ0) is 12.3. The standard InChI is InChI=1S/C12H11BrFNO2/c13-11-8(7-15)1-2-10(12(11)14)17-9-3-5-16-6-4-9/h1-2,9H,3-6H2. The molecule has 5 heteroatoms. The summed E-state index contributed by atoms with van der Waals surface area (Å²) in [6.45, 7) is 1.29. The molecule has 0 aromatic heterocycles. The number of halogens is 2. The molecule has 0 bridgehead atoms. The lowest BCUT2D eigenvalue weighted by molar-refractivity contribution is 0.0240. The van der Waals surface area contributed by atoms with Crippen LogP contribution < -0.4 is 4.74 Å². The van der Waals surface area contributed by atoms with E-state index in [1.165, 1.54) is 6.07 Å². The summed E-state index contributed by atoms with van der Waals surface area (Å²) < 4.78 is 24.8. The Balaban J connectivity index is 2.16. The normalized spacial score (nSPS) is 16.5. The predicted molar refractivity (Wildman–Crippen MR) is 63.3 cm³/mol. The second-order valence-corrected chi connectivity index (χ2v) is 4.57. The topological polar surface area (TPSA) is 42.2 Å². The summed E-state index contributed by atoms with van der Waals surface area (Å²) in [4.78, 5) is 0. The molecule has 17 heavy (non-hydrogen) atoms. The van der Waals surface area contributed by atoms with Gasteiger partial charge in [0.25, 0.3) is 0 Å². The number of ether oxygens (including phenoxy) is 2. The monoisotopic (exact) mass is 299 g/mol. The summed E-state index contributed by atoms with van der Waals surface area (Å²) in [7, 11) is 0. The van der Waals surface area contributed by atoms with Crippen LogP contribution in [0.1, 0.15) is 18.4 Å². The molecule has 1 aliphatic rings. The highest BCUT2D eigenvalue weighted by Gasteiger charge is 2.19. The predicted octanol–water partition coefficient (Wildman–Crippen LogP) is 3.02. The van der Waals surface area contributed by atoms with Gasteiger partial charge in [-0.1, -0.05) is 0 Å². The van der Waals surface area contributed by atoms with Crippen molar-refractivity contribution in [2.75, 3.05) is 13.2 Å². The minimum absolute atomic E-state index is 0.0157. The first-order valence-corrected chi connectivity index (χ1v) is 6.14. The average molecular weight is 300 g/mol. The largest absolute Gasteiger partial charge is 0.487 e. The van der Waals surface area contributed by atoms with E-state index in [0.717, 1.165) is 12.8 Å². The van der Waals surface area contributed by atoms with Crippen LogP contribution in [-0.2, 0) is 4.74 Å². The smallest absolute Gasteiger partial charge is 0.180 e. The lowest BCUT2D eigenvalue weighted by Crippen LogP contribution is -2.26. The Morgan fingerprint density at radius 1 is 1.41 bits per heavy atom. The first-order valence-electron chi connectivity index (χ1n) is 5.35. The van der Waals surface area contributed by atoms with Crippen molar-refractivity contribution >= 4 is 15.9 Å². The van der Waals surface area contributed by atoms with E-state index in [1.807, 2.05) is 6.07 Å². The quantitative estimate of drug-likeness (QED) is 0.843. The minimum Gasteiger partial charge on any atom is -0.487 e. The summed E-state index contributed by atoms with van der Waals surface area (Å²) in [5, 5.41) is 8.75. The number of benzene rings is 1. The van der Waals surface area contributed by atoms with Crippen molar-refractivity contribution in [2.45, 2.75) is 18.9 Å². The van der Waals surface area contributed by atoms with Gasteiger partial charge in [-0.3, -0.25) is 0 Å². The van der Waals surface area contributed by atoms with Crippen LogP contribution in [0, 0.1) is 17.1 Å². The Kier molecular flexibility index (Phi) is 3.97. The first kappa shape index (κ1) is 12.3. The Labute approximate surface area is 107 Å². The summed E-state index contributed by atoms with van der Waals surface area (Å²) >= 11 is 3.05. The van der Waals surface area contributed by atoms with E-state index in [-0.39, 0.29) is 21.9 Å². The van der Waals surface area contributed by atoms with Gasteiger partial charge in [-0.2, -0.15) is 5.26 Å². The Morgan fingerprint density at radius 2 is 2.12 bits per heavy atom. The van der Waals surface area contributed by atoms with Crippen LogP contribution in [0.15, 0.2) is 16.6 Å². The minimum atomic E-state index is -0.518. The molecule has 3 nitrogen and oxygen atoms in total. The van der Waals surface area contributed by atoms with E-state index in [0.29, 0.717) is 13.2 Å². The van der Waals surface area contributed by atoms with Crippen molar-refractivity contribution in [3.63, 3.8) is 0 Å². The van der Waals surface area contributed by atoms with Gasteiger partial charge >= 0.3 is 0 Å². The molecule has 1 aromatic carbocycles. The Morgan fingerprint density at radius 3 is 2.76 bits per heavy atom. The molecular weight excluding hydrogens is 289 g/mol. The highest BCUT2D eigenvalue weighted by molar-refractivity contribution is 9.10. The Bertz CT molecular complexity index is 453. The number of nitrogens with zero attached hydrogens (tertiary/aromatic N) is 1. The Hall–Kier alpha value is -1.12. The average Bonchev–Trinajstić information content (AvgIpc) is 2.37. The van der Waals surface area contributed by atoms with E-state index < -0.39 is 5.82 Å². The first-order chi connectivity index (χ1) is 8.22. The molecule has 0 spiro atoms. The van der Waals surface area contributed by atoms with Crippen molar-refractivity contribution in [1.82, 2.24) is 0 Å². The molecule has 90 valence electrons. The molecule has 1 aromatic rings. The van der Waals surface area contributed by atoms with Crippen LogP contribution in [0.25, 0.3) is 0 Å². The van der Waals surface area contributed by atoms with E-state index in [4.69, 9.17) is 14.7 Å². The second-order valence-electron chi connectivity index (χ2n) is 3.78. The molecule has 2 rings (SSSR count). The fraction of sp³-hybridized carbons (Fsp3) is 0.417. The molecular formula is C12H11BrFNO2. The van der Waals surface area contributed by atoms with E-state index in [2.05, 4.69) is 15.9 Å². The van der Waals surface area contributed by atoms with Crippen LogP contribution >= 0.6 is 15.9 Å². The van der Waals surface area contributed by atoms with Gasteiger partial charge in [0.2, 0.25) is 0 Å². The van der Waals surface area contributed by atoms with Crippen molar-refractivity contribution in [3.05, 3.63) is 28.0 Å². The van der Waals surface area contributed by atoms with Crippen LogP contribution in [0.5, 0.6) is 5.75 Å². The maximum absolute atomic E-state index is 13.8. The van der Waals surface area contributed by atoms with Crippen LogP contribution in [-0.4, -0.2) is 19.3 Å². The van der Waals surface area contributed by atoms with Gasteiger partial charge in [0.1, 0.15) is 12.2 Å². The number of rotatable bonds is 2. The summed E-state index contributed by atoms with van der Waals surface area (Å²) in [6.07, 6.45) is 1.51. The van der Waals surface area contributed by atoms with Crippen LogP contribution in [0.3, 0.4) is 0 Å². The number of hydrogen-bond acceptors (Lipinski definition) is 3. The third kappa shape index (κ3) is 2.76. The fourth-order valence-electron chi connectivity index (χ4n) is 1.68. The third-order valence-corrected chi connectivity index (χ3v) is 3.40. The fourth-order valence-corrected chi connectivity index (χ4v) is 2.10. The molecule has 0 amide bonds. The third-order valence-electron chi connectivity index (χ3n) is 2.63. The SMILES string of the molecule is N#Cc1ccc(OC2CCOCC2)c(F)c1Br. The summed E-state index contributed by atoms with van der Waals surface area (Å²) in [5.41, 5.74) is 0.266. The van der Waals surface area contributed by atoms with E-state index in [9.17, 15) is 4.39 Å². The van der Waals surface area contributed by atoms with Crippen molar-refractivity contribution < 1.29 is 13.9 Å². The molecule has 0 atom stereocenters. The highest BCUT2D eigenvalue weighted by Crippen LogP contribution is 2.29. The number of hydrogen-bond donors (Lipinski definition) is 0. The van der Waals surface area contributed by atoms with Crippen molar-refractivity contribution in [2.24, 2.45) is 0 Å². The highest BCUT2D eigenvalue weighted by atomic mass is 79.9. The van der Waals surface area contributed by atoms with E-state index in [1.54, 1.807) is 6.07 Å². The van der Waals surface area contributed by atoms with Gasteiger partial charge in [-0.25, -0.2) is 4.39 Å². The van der Waals surface area contributed by atoms with Gasteiger partial charge in [0, 0.05) is 12.8 Å². The molecule has 0 N–H and O–H groups in total. The van der Waals surface area contributed by atoms with Gasteiger partial charge in [0.05, 0.1) is 23.2 Å². The van der Waals surface area contributed by atoms with Crippen LogP contribution in [0.4, 0.5) is 4.39 Å². The molecule has 0 unspecified atom stereocenters. The zero-order valence-electron chi connectivity index (χ0n) is 9.08. The van der Waals surface area contributed by atoms with Crippen molar-refractivity contribution in [1.29, 1.82) is 5.26 Å². The molecule has 1 saturated heterocycles. The molecule has 1 heterocycles. The second kappa shape index (κ2) is 5.48. The summed E-state index contributed by atoms with van der Waals surface area (Å²) in [5.74, 6) is -0.335. The molecule has 1 aliphatic heterocycles. The van der Waals surface area contributed by atoms with E-state index >= 15 is 0 Å². The lowest BCUT2D eigenvalue weighted by atomic mass is 10.1. The maximum atomic E-state index is 13.8. The number of nitriles is 1. The zero-order valence-corrected chi connectivity index (χ0v) is 10.7. The molecule has 1 fully saturated rings. The summed E-state index contributed by atoms with van der Waals surface area (Å²) in [6, 6.07) is 4.94. The van der Waals surface area contributed by atoms with Gasteiger partial charge in [-0.05, 0) is 28.1 Å². The van der Waals surface area contributed by atoms with Gasteiger partial charge < -0.3 is 9.47 Å². The molecule has 0 aliphatic carbocycles. The van der Waals surface area contributed by atoms with Gasteiger partial charge in [-0.15, -0.1) is 0 Å². The van der Waals surface area contributed by atoms with Gasteiger partial charge in [0.15, 0.2) is 11.6 Å². The molecule has 0 saturated carbocycles. The van der Waals surface area contributed by atoms with Crippen molar-refractivity contribution in [3.8, 4) is 11.8 Å². The van der Waals surface area contributed by atoms with Crippen LogP contribution in [0.2, 0.25) is 0 Å².